The van der Waals surface area contributed by atoms with Crippen LogP contribution in [-0.4, -0.2) is 14.7 Å². The van der Waals surface area contributed by atoms with E-state index in [-0.39, 0.29) is 0 Å². The zero-order valence-electron chi connectivity index (χ0n) is 18.9. The lowest BCUT2D eigenvalue weighted by atomic mass is 9.94. The summed E-state index contributed by atoms with van der Waals surface area (Å²) in [7, 11) is -1.85. The number of hydrogen-bond acceptors (Lipinski definition) is 1. The molecule has 0 saturated heterocycles. The monoisotopic (exact) mass is 416 g/mol. The molecule has 2 heteroatoms. The molecule has 158 valence electrons. The van der Waals surface area contributed by atoms with Crippen LogP contribution in [-0.2, 0) is 0 Å². The van der Waals surface area contributed by atoms with E-state index in [2.05, 4.69) is 82.0 Å². The predicted molar refractivity (Wildman–Crippen MR) is 133 cm³/mol. The average Bonchev–Trinajstić information content (AvgIpc) is 3.18. The largest absolute Gasteiger partial charge is 0.489 e. The van der Waals surface area contributed by atoms with E-state index in [0.29, 0.717) is 6.61 Å². The summed E-state index contributed by atoms with van der Waals surface area (Å²) in [5.41, 5.74) is 2.47. The predicted octanol–water partition coefficient (Wildman–Crippen LogP) is 7.40. The Morgan fingerprint density at radius 1 is 1.10 bits per heavy atom. The molecular weight excluding hydrogens is 380 g/mol. The molecular formula is C28H36OSi. The van der Waals surface area contributed by atoms with Crippen molar-refractivity contribution < 1.29 is 4.74 Å². The molecule has 2 aromatic carbocycles. The lowest BCUT2D eigenvalue weighted by molar-refractivity contribution is 0.370. The Bertz CT molecular complexity index is 966. The van der Waals surface area contributed by atoms with Gasteiger partial charge in [0.15, 0.2) is 0 Å². The molecule has 2 aromatic rings. The number of rotatable bonds is 8. The number of benzene rings is 2. The number of allylic oxidation sites excluding steroid dienone is 4. The summed E-state index contributed by atoms with van der Waals surface area (Å²) < 4.78 is 6.46. The van der Waals surface area contributed by atoms with Crippen LogP contribution >= 0.6 is 0 Å². The van der Waals surface area contributed by atoms with Gasteiger partial charge in [0.2, 0.25) is 0 Å². The van der Waals surface area contributed by atoms with E-state index >= 15 is 0 Å². The van der Waals surface area contributed by atoms with Crippen LogP contribution < -0.4 is 9.92 Å². The van der Waals surface area contributed by atoms with Crippen molar-refractivity contribution in [3.63, 3.8) is 0 Å². The fourth-order valence-corrected chi connectivity index (χ4v) is 12.2. The molecule has 2 aliphatic carbocycles. The highest BCUT2D eigenvalue weighted by Crippen LogP contribution is 2.56. The average molecular weight is 417 g/mol. The van der Waals surface area contributed by atoms with E-state index in [1.807, 2.05) is 6.08 Å². The summed E-state index contributed by atoms with van der Waals surface area (Å²) >= 11 is 0. The van der Waals surface area contributed by atoms with Gasteiger partial charge in [-0.05, 0) is 40.8 Å². The molecule has 0 N–H and O–H groups in total. The summed E-state index contributed by atoms with van der Waals surface area (Å²) in [4.78, 5) is 0. The maximum absolute atomic E-state index is 6.46. The molecule has 4 rings (SSSR count). The van der Waals surface area contributed by atoms with Gasteiger partial charge in [0.1, 0.15) is 12.4 Å². The van der Waals surface area contributed by atoms with Crippen molar-refractivity contribution in [1.82, 2.24) is 0 Å². The Kier molecular flexibility index (Phi) is 6.34. The van der Waals surface area contributed by atoms with Crippen LogP contribution in [0.4, 0.5) is 0 Å². The van der Waals surface area contributed by atoms with Gasteiger partial charge in [0, 0.05) is 5.39 Å². The fourth-order valence-electron chi connectivity index (χ4n) is 6.40. The number of hydrogen-bond donors (Lipinski definition) is 0. The molecule has 0 aliphatic heterocycles. The summed E-state index contributed by atoms with van der Waals surface area (Å²) in [6, 6.07) is 16.0. The quantitative estimate of drug-likeness (QED) is 0.322. The first-order valence-corrected chi connectivity index (χ1v) is 14.3. The van der Waals surface area contributed by atoms with E-state index in [4.69, 9.17) is 4.74 Å². The van der Waals surface area contributed by atoms with Crippen LogP contribution in [0.2, 0.25) is 17.6 Å². The molecule has 1 saturated carbocycles. The molecule has 0 amide bonds. The second kappa shape index (κ2) is 8.97. The molecule has 3 atom stereocenters. The van der Waals surface area contributed by atoms with Gasteiger partial charge in [-0.15, -0.1) is 0 Å². The van der Waals surface area contributed by atoms with Crippen molar-refractivity contribution in [1.29, 1.82) is 0 Å². The van der Waals surface area contributed by atoms with E-state index in [0.717, 1.165) is 23.1 Å². The second-order valence-corrected chi connectivity index (χ2v) is 13.9. The van der Waals surface area contributed by atoms with Gasteiger partial charge < -0.3 is 4.74 Å². The lowest BCUT2D eigenvalue weighted by Gasteiger charge is -2.41. The standard InChI is InChI=1S/C28H36OSi/c1-5-19-29-27-24-15-11-9-13-22(24)17-18-26(27)30(7-3,8-4)28-21(6-2)20-23-14-10-12-16-25(23)28/h5,9-13,15-18,21,23,28H,1,6-8,14,19-20H2,2-4H3. The van der Waals surface area contributed by atoms with Gasteiger partial charge in [-0.2, -0.15) is 0 Å². The van der Waals surface area contributed by atoms with Crippen molar-refractivity contribution in [3.05, 3.63) is 72.9 Å². The molecule has 0 aromatic heterocycles. The minimum Gasteiger partial charge on any atom is -0.489 e. The zero-order chi connectivity index (χ0) is 21.1. The van der Waals surface area contributed by atoms with Crippen molar-refractivity contribution in [3.8, 4) is 5.75 Å². The molecule has 0 heterocycles. The minimum absolute atomic E-state index is 0.564. The van der Waals surface area contributed by atoms with Gasteiger partial charge in [0.25, 0.3) is 0 Å². The van der Waals surface area contributed by atoms with Crippen molar-refractivity contribution in [2.45, 2.75) is 57.7 Å². The van der Waals surface area contributed by atoms with Crippen LogP contribution in [0.1, 0.15) is 40.0 Å². The van der Waals surface area contributed by atoms with Crippen LogP contribution in [0, 0.1) is 11.8 Å². The molecule has 2 aliphatic rings. The lowest BCUT2D eigenvalue weighted by Crippen LogP contribution is -2.53. The van der Waals surface area contributed by atoms with Gasteiger partial charge in [-0.3, -0.25) is 0 Å². The van der Waals surface area contributed by atoms with Crippen LogP contribution in [0.15, 0.2) is 72.9 Å². The molecule has 0 bridgehead atoms. The highest BCUT2D eigenvalue weighted by Gasteiger charge is 2.51. The third-order valence-electron chi connectivity index (χ3n) is 7.88. The second-order valence-electron chi connectivity index (χ2n) is 9.04. The zero-order valence-corrected chi connectivity index (χ0v) is 19.9. The van der Waals surface area contributed by atoms with Gasteiger partial charge in [0.05, 0.1) is 8.07 Å². The van der Waals surface area contributed by atoms with Crippen molar-refractivity contribution >= 4 is 24.0 Å². The Labute approximate surface area is 183 Å². The van der Waals surface area contributed by atoms with E-state index in [1.165, 1.54) is 47.3 Å². The molecule has 3 unspecified atom stereocenters. The van der Waals surface area contributed by atoms with Crippen LogP contribution in [0.25, 0.3) is 10.8 Å². The highest BCUT2D eigenvalue weighted by atomic mass is 28.3. The molecule has 1 fully saturated rings. The Morgan fingerprint density at radius 2 is 1.90 bits per heavy atom. The minimum atomic E-state index is -1.85. The third-order valence-corrected chi connectivity index (χ3v) is 13.9. The number of ether oxygens (including phenoxy) is 1. The maximum Gasteiger partial charge on any atom is 0.126 e. The Morgan fingerprint density at radius 3 is 2.63 bits per heavy atom. The molecule has 30 heavy (non-hydrogen) atoms. The van der Waals surface area contributed by atoms with Crippen LogP contribution in [0.5, 0.6) is 5.75 Å². The molecule has 0 radical (unpaired) electrons. The summed E-state index contributed by atoms with van der Waals surface area (Å²) in [5.74, 6) is 2.69. The third kappa shape index (κ3) is 3.39. The first-order valence-electron chi connectivity index (χ1n) is 11.8. The summed E-state index contributed by atoms with van der Waals surface area (Å²) in [5, 5.41) is 4.06. The summed E-state index contributed by atoms with van der Waals surface area (Å²) in [6.45, 7) is 11.8. The van der Waals surface area contributed by atoms with Gasteiger partial charge >= 0.3 is 0 Å². The smallest absolute Gasteiger partial charge is 0.126 e. The maximum atomic E-state index is 6.46. The van der Waals surface area contributed by atoms with E-state index < -0.39 is 8.07 Å². The fraction of sp³-hybridized carbons (Fsp3) is 0.429. The first-order chi connectivity index (χ1) is 14.7. The summed E-state index contributed by atoms with van der Waals surface area (Å²) in [6.07, 6.45) is 12.9. The number of fused-ring (bicyclic) bond motifs is 2. The van der Waals surface area contributed by atoms with Crippen molar-refractivity contribution in [2.24, 2.45) is 11.8 Å². The Balaban J connectivity index is 1.94. The first kappa shape index (κ1) is 21.2. The van der Waals surface area contributed by atoms with Gasteiger partial charge in [-0.1, -0.05) is 112 Å². The Hall–Kier alpha value is -2.06. The van der Waals surface area contributed by atoms with E-state index in [1.54, 1.807) is 5.57 Å². The van der Waals surface area contributed by atoms with E-state index in [9.17, 15) is 0 Å². The normalized spacial score (nSPS) is 23.3. The van der Waals surface area contributed by atoms with Gasteiger partial charge in [-0.25, -0.2) is 0 Å². The molecule has 0 spiro atoms. The van der Waals surface area contributed by atoms with Crippen molar-refractivity contribution in [2.75, 3.05) is 6.61 Å². The SMILES string of the molecule is C=CCOc1c([Si](CC)(CC)C2C3=CC=CCC3CC2CC)ccc2ccccc12. The molecule has 1 nitrogen and oxygen atoms in total. The highest BCUT2D eigenvalue weighted by molar-refractivity contribution is 6.94. The van der Waals surface area contributed by atoms with Crippen LogP contribution in [0.3, 0.4) is 0 Å². The topological polar surface area (TPSA) is 9.23 Å².